The third kappa shape index (κ3) is 2.75. The highest BCUT2D eigenvalue weighted by molar-refractivity contribution is 6.58. The molecule has 0 aliphatic heterocycles. The van der Waals surface area contributed by atoms with E-state index < -0.39 is 14.0 Å². The van der Waals surface area contributed by atoms with Gasteiger partial charge < -0.3 is 14.8 Å². The molecule has 0 aliphatic rings. The van der Waals surface area contributed by atoms with E-state index in [1.165, 1.54) is 18.2 Å². The van der Waals surface area contributed by atoms with Gasteiger partial charge in [-0.15, -0.1) is 0 Å². The Bertz CT molecular complexity index is 366. The predicted molar refractivity (Wildman–Crippen MR) is 52.2 cm³/mol. The fourth-order valence-corrected chi connectivity index (χ4v) is 1.02. The van der Waals surface area contributed by atoms with Crippen LogP contribution in [-0.2, 0) is 0 Å². The Morgan fingerprint density at radius 3 is 2.77 bits per heavy atom. The molecule has 3 nitrogen and oxygen atoms in total. The van der Waals surface area contributed by atoms with Crippen molar-refractivity contribution in [3.63, 3.8) is 0 Å². The quantitative estimate of drug-likeness (QED) is 0.652. The molecule has 2 N–H and O–H groups in total. The molecule has 0 saturated heterocycles. The summed E-state index contributed by atoms with van der Waals surface area (Å²) in [6.45, 7) is -0.154. The summed E-state index contributed by atoms with van der Waals surface area (Å²) in [5, 5.41) is 18.0. The Morgan fingerprint density at radius 1 is 1.46 bits per heavy atom. The zero-order chi connectivity index (χ0) is 12.3. The van der Waals surface area contributed by atoms with Crippen molar-refractivity contribution in [2.45, 2.75) is 13.8 Å². The molecular formula is C9H13BO3. The maximum Gasteiger partial charge on any atom is 0.488 e. The van der Waals surface area contributed by atoms with E-state index in [2.05, 4.69) is 0 Å². The second kappa shape index (κ2) is 4.30. The first-order chi connectivity index (χ1) is 7.34. The van der Waals surface area contributed by atoms with Crippen LogP contribution in [0, 0.1) is 6.85 Å². The van der Waals surface area contributed by atoms with Crippen molar-refractivity contribution >= 4 is 12.6 Å². The lowest BCUT2D eigenvalue weighted by atomic mass is 9.79. The molecule has 0 aromatic heterocycles. The topological polar surface area (TPSA) is 49.7 Å². The number of benzene rings is 1. The summed E-state index contributed by atoms with van der Waals surface area (Å²) in [6, 6.07) is 4.02. The first-order valence-electron chi connectivity index (χ1n) is 5.49. The van der Waals surface area contributed by atoms with Crippen molar-refractivity contribution in [3.05, 3.63) is 23.8 Å². The smallest absolute Gasteiger partial charge is 0.488 e. The van der Waals surface area contributed by atoms with E-state index in [-0.39, 0.29) is 11.0 Å². The van der Waals surface area contributed by atoms with Crippen LogP contribution in [0.2, 0.25) is 0 Å². The monoisotopic (exact) mass is 183 g/mol. The van der Waals surface area contributed by atoms with Crippen LogP contribution in [0.25, 0.3) is 0 Å². The van der Waals surface area contributed by atoms with Gasteiger partial charge in [0.1, 0.15) is 5.75 Å². The maximum atomic E-state index is 9.02. The molecule has 0 unspecified atom stereocenters. The first kappa shape index (κ1) is 6.46. The van der Waals surface area contributed by atoms with E-state index in [4.69, 9.17) is 18.9 Å². The number of hydrogen-bond donors (Lipinski definition) is 2. The summed E-state index contributed by atoms with van der Waals surface area (Å²) in [5.41, 5.74) is 0.138. The lowest BCUT2D eigenvalue weighted by Gasteiger charge is -2.07. The fraction of sp³-hybridized carbons (Fsp3) is 0.333. The summed E-state index contributed by atoms with van der Waals surface area (Å²) in [4.78, 5) is 0. The van der Waals surface area contributed by atoms with Crippen molar-refractivity contribution in [1.29, 1.82) is 0 Å². The minimum atomic E-state index is -2.29. The molecule has 0 heterocycles. The van der Waals surface area contributed by atoms with Gasteiger partial charge in [0.25, 0.3) is 0 Å². The molecule has 13 heavy (non-hydrogen) atoms. The molecule has 70 valence electrons. The van der Waals surface area contributed by atoms with Gasteiger partial charge in [-0.25, -0.2) is 0 Å². The Labute approximate surface area is 82.3 Å². The molecule has 1 aromatic carbocycles. The molecule has 0 radical (unpaired) electrons. The van der Waals surface area contributed by atoms with E-state index >= 15 is 0 Å². The summed E-state index contributed by atoms with van der Waals surface area (Å²) in [6.07, 6.45) is 0. The van der Waals surface area contributed by atoms with Gasteiger partial charge in [0.15, 0.2) is 0 Å². The molecule has 0 bridgehead atoms. The van der Waals surface area contributed by atoms with E-state index in [1.807, 2.05) is 0 Å². The van der Waals surface area contributed by atoms with Gasteiger partial charge in [-0.3, -0.25) is 0 Å². The van der Waals surface area contributed by atoms with Crippen molar-refractivity contribution in [2.75, 3.05) is 6.61 Å². The van der Waals surface area contributed by atoms with Crippen LogP contribution in [0.15, 0.2) is 18.2 Å². The zero-order valence-corrected chi connectivity index (χ0v) is 7.32. The number of rotatable bonds is 3. The summed E-state index contributed by atoms with van der Waals surface area (Å²) >= 11 is 0. The minimum absolute atomic E-state index is 0.0292. The van der Waals surface area contributed by atoms with Crippen LogP contribution in [0.1, 0.15) is 16.6 Å². The van der Waals surface area contributed by atoms with Crippen LogP contribution >= 0.6 is 0 Å². The zero-order valence-electron chi connectivity index (χ0n) is 10.3. The Hall–Kier alpha value is -0.995. The molecule has 1 rings (SSSR count). The van der Waals surface area contributed by atoms with Gasteiger partial charge in [-0.2, -0.15) is 0 Å². The minimum Gasteiger partial charge on any atom is -0.494 e. The largest absolute Gasteiger partial charge is 0.494 e. The van der Waals surface area contributed by atoms with Gasteiger partial charge in [0.2, 0.25) is 0 Å². The highest BCUT2D eigenvalue weighted by Crippen LogP contribution is 2.10. The van der Waals surface area contributed by atoms with Gasteiger partial charge >= 0.3 is 7.12 Å². The summed E-state index contributed by atoms with van der Waals surface area (Å²) in [5.74, 6) is 0.319. The standard InChI is InChI=1S/C9H13BO3/c1-3-13-9-5-7(2)4-8(6-9)10(11)12/h4-6,11-12H,3H2,1-2H3/i2D3. The first-order valence-corrected chi connectivity index (χ1v) is 3.99. The predicted octanol–water partition coefficient (Wildman–Crippen LogP) is 0.0735. The average Bonchev–Trinajstić information content (AvgIpc) is 2.16. The van der Waals surface area contributed by atoms with Crippen molar-refractivity contribution in [2.24, 2.45) is 0 Å². The molecule has 0 saturated carbocycles. The van der Waals surface area contributed by atoms with Crippen molar-refractivity contribution in [1.82, 2.24) is 0 Å². The van der Waals surface area contributed by atoms with E-state index in [1.54, 1.807) is 6.92 Å². The van der Waals surface area contributed by atoms with Gasteiger partial charge in [-0.05, 0) is 36.9 Å². The molecule has 0 atom stereocenters. The number of aryl methyl sites for hydroxylation is 1. The maximum absolute atomic E-state index is 9.02. The molecular weight excluding hydrogens is 167 g/mol. The SMILES string of the molecule is [2H]C([2H])([2H])c1cc(OCC)cc(B(O)O)c1. The lowest BCUT2D eigenvalue weighted by Crippen LogP contribution is -2.30. The van der Waals surface area contributed by atoms with Gasteiger partial charge in [-0.1, -0.05) is 6.07 Å². The van der Waals surface area contributed by atoms with E-state index in [0.717, 1.165) is 0 Å². The van der Waals surface area contributed by atoms with Crippen LogP contribution in [0.5, 0.6) is 5.75 Å². The van der Waals surface area contributed by atoms with Gasteiger partial charge in [0, 0.05) is 4.11 Å². The van der Waals surface area contributed by atoms with E-state index in [0.29, 0.717) is 12.4 Å². The summed E-state index contributed by atoms with van der Waals surface area (Å²) in [7, 11) is -1.71. The van der Waals surface area contributed by atoms with Gasteiger partial charge in [0.05, 0.1) is 6.61 Å². The Balaban J connectivity index is 3.19. The average molecular weight is 183 g/mol. The second-order valence-corrected chi connectivity index (χ2v) is 2.60. The Kier molecular flexibility index (Phi) is 2.14. The lowest BCUT2D eigenvalue weighted by molar-refractivity contribution is 0.340. The number of ether oxygens (including phenoxy) is 1. The van der Waals surface area contributed by atoms with Crippen LogP contribution in [0.3, 0.4) is 0 Å². The molecule has 4 heteroatoms. The highest BCUT2D eigenvalue weighted by atomic mass is 16.5. The van der Waals surface area contributed by atoms with E-state index in [9.17, 15) is 0 Å². The Morgan fingerprint density at radius 2 is 2.23 bits per heavy atom. The van der Waals surface area contributed by atoms with Crippen molar-refractivity contribution in [3.8, 4) is 5.75 Å². The normalized spacial score (nSPS) is 14.2. The van der Waals surface area contributed by atoms with Crippen LogP contribution in [0.4, 0.5) is 0 Å². The van der Waals surface area contributed by atoms with Crippen LogP contribution < -0.4 is 10.2 Å². The third-order valence-electron chi connectivity index (χ3n) is 1.54. The second-order valence-electron chi connectivity index (χ2n) is 2.60. The van der Waals surface area contributed by atoms with Crippen LogP contribution in [-0.4, -0.2) is 23.8 Å². The number of hydrogen-bond acceptors (Lipinski definition) is 3. The third-order valence-corrected chi connectivity index (χ3v) is 1.54. The summed E-state index contributed by atoms with van der Waals surface area (Å²) < 4.78 is 26.9. The van der Waals surface area contributed by atoms with Crippen molar-refractivity contribution < 1.29 is 18.9 Å². The molecule has 0 aliphatic carbocycles. The fourth-order valence-electron chi connectivity index (χ4n) is 1.02. The molecule has 0 amide bonds. The molecule has 1 aromatic rings. The molecule has 0 fully saturated rings. The molecule has 0 spiro atoms. The highest BCUT2D eigenvalue weighted by Gasteiger charge is 2.12.